The number of benzene rings is 2. The van der Waals surface area contributed by atoms with Gasteiger partial charge in [-0.25, -0.2) is 0 Å². The molecule has 1 aromatic heterocycles. The molecule has 0 bridgehead atoms. The first kappa shape index (κ1) is 25.8. The molecule has 0 atom stereocenters. The van der Waals surface area contributed by atoms with E-state index in [1.54, 1.807) is 18.3 Å². The summed E-state index contributed by atoms with van der Waals surface area (Å²) in [5.41, 5.74) is 0.919. The summed E-state index contributed by atoms with van der Waals surface area (Å²) in [5, 5.41) is 5.53. The number of aromatic nitrogens is 1. The van der Waals surface area contributed by atoms with E-state index in [0.29, 0.717) is 29.5 Å². The van der Waals surface area contributed by atoms with Gasteiger partial charge in [-0.15, -0.1) is 0 Å². The normalized spacial score (nSPS) is 15.3. The van der Waals surface area contributed by atoms with E-state index in [4.69, 9.17) is 4.74 Å². The Balaban J connectivity index is 1.46. The summed E-state index contributed by atoms with van der Waals surface area (Å²) in [6.45, 7) is 1.42. The molecule has 192 valence electrons. The Kier molecular flexibility index (Phi) is 7.60. The Morgan fingerprint density at radius 2 is 1.86 bits per heavy atom. The summed E-state index contributed by atoms with van der Waals surface area (Å²) < 4.78 is 25.1. The van der Waals surface area contributed by atoms with Gasteiger partial charge in [0, 0.05) is 13.6 Å². The molecular formula is C26H24FI2N5O3. The zero-order valence-corrected chi connectivity index (χ0v) is 24.5. The van der Waals surface area contributed by atoms with E-state index >= 15 is 4.39 Å². The van der Waals surface area contributed by atoms with Crippen molar-refractivity contribution >= 4 is 71.6 Å². The van der Waals surface area contributed by atoms with Crippen molar-refractivity contribution in [2.75, 3.05) is 46.7 Å². The molecule has 1 fully saturated rings. The molecule has 0 saturated carbocycles. The van der Waals surface area contributed by atoms with Crippen LogP contribution in [-0.2, 0) is 0 Å². The summed E-state index contributed by atoms with van der Waals surface area (Å²) in [5.74, 6) is -0.331. The summed E-state index contributed by atoms with van der Waals surface area (Å²) in [7, 11) is 3.38. The Hall–Kier alpha value is -2.81. The van der Waals surface area contributed by atoms with Crippen LogP contribution in [0.25, 0.3) is 0 Å². The minimum atomic E-state index is -1.28. The second-order valence-electron chi connectivity index (χ2n) is 8.46. The molecular weight excluding hydrogens is 703 g/mol. The van der Waals surface area contributed by atoms with Crippen molar-refractivity contribution in [3.63, 3.8) is 0 Å². The number of aliphatic imine (C=N–C) groups is 1. The van der Waals surface area contributed by atoms with Crippen LogP contribution in [0.1, 0.15) is 26.3 Å². The summed E-state index contributed by atoms with van der Waals surface area (Å²) in [4.78, 5) is 37.2. The van der Waals surface area contributed by atoms with Crippen LogP contribution in [0.15, 0.2) is 53.7 Å². The van der Waals surface area contributed by atoms with Crippen molar-refractivity contribution in [3.8, 4) is 5.75 Å². The van der Waals surface area contributed by atoms with E-state index in [-0.39, 0.29) is 16.8 Å². The minimum absolute atomic E-state index is 0.139. The van der Waals surface area contributed by atoms with Gasteiger partial charge in [0.1, 0.15) is 0 Å². The van der Waals surface area contributed by atoms with Gasteiger partial charge in [0.25, 0.3) is 0 Å². The number of rotatable bonds is 7. The van der Waals surface area contributed by atoms with Crippen LogP contribution >= 0.6 is 42.4 Å². The van der Waals surface area contributed by atoms with Crippen molar-refractivity contribution < 1.29 is 18.7 Å². The number of ether oxygens (including phenoxy) is 1. The molecule has 37 heavy (non-hydrogen) atoms. The average molecular weight is 727 g/mol. The molecule has 5 rings (SSSR count). The first-order valence-corrected chi connectivity index (χ1v) is 16.7. The van der Waals surface area contributed by atoms with E-state index in [9.17, 15) is 9.59 Å². The number of carbonyl (C=O) groups is 2. The molecule has 1 saturated heterocycles. The summed E-state index contributed by atoms with van der Waals surface area (Å²) in [6, 6.07) is 11.7. The number of nitrogens with one attached hydrogen (secondary N) is 2. The van der Waals surface area contributed by atoms with Gasteiger partial charge in [-0.3, -0.25) is 0 Å². The zero-order chi connectivity index (χ0) is 26.1. The predicted molar refractivity (Wildman–Crippen MR) is 159 cm³/mol. The fourth-order valence-electron chi connectivity index (χ4n) is 3.96. The Morgan fingerprint density at radius 3 is 2.49 bits per heavy atom. The molecule has 3 aromatic rings. The van der Waals surface area contributed by atoms with Gasteiger partial charge in [0.15, 0.2) is 0 Å². The summed E-state index contributed by atoms with van der Waals surface area (Å²) >= 11 is 0.861. The number of amidine groups is 1. The number of likely N-dealkylation sites (N-methyl/N-ethyl adjacent to an activating group) is 1. The third-order valence-electron chi connectivity index (χ3n) is 5.96. The van der Waals surface area contributed by atoms with Crippen LogP contribution in [0.2, 0.25) is 0 Å². The van der Waals surface area contributed by atoms with Crippen molar-refractivity contribution in [2.24, 2.45) is 4.99 Å². The molecule has 0 spiro atoms. The van der Waals surface area contributed by atoms with E-state index in [0.717, 1.165) is 13.7 Å². The van der Waals surface area contributed by atoms with Gasteiger partial charge in [-0.05, 0) is 0 Å². The number of hydrogen-bond donors (Lipinski definition) is 2. The molecule has 11 heteroatoms. The molecule has 2 amide bonds. The van der Waals surface area contributed by atoms with Gasteiger partial charge in [-0.1, -0.05) is 0 Å². The summed E-state index contributed by atoms with van der Waals surface area (Å²) in [6.07, 6.45) is 1.65. The van der Waals surface area contributed by atoms with Crippen molar-refractivity contribution in [2.45, 2.75) is 0 Å². The van der Waals surface area contributed by atoms with Gasteiger partial charge < -0.3 is 0 Å². The topological polar surface area (TPSA) is 95.9 Å². The van der Waals surface area contributed by atoms with E-state index in [1.165, 1.54) is 28.1 Å². The van der Waals surface area contributed by atoms with Crippen molar-refractivity contribution in [1.82, 2.24) is 9.88 Å². The molecule has 2 N–H and O–H groups in total. The quantitative estimate of drug-likeness (QED) is 0.272. The number of hydrogen-bond acceptors (Lipinski definition) is 6. The molecule has 2 aromatic carbocycles. The van der Waals surface area contributed by atoms with Crippen LogP contribution in [0, 0.1) is 13.0 Å². The van der Waals surface area contributed by atoms with Crippen LogP contribution in [0.5, 0.6) is 5.75 Å². The van der Waals surface area contributed by atoms with Gasteiger partial charge in [-0.2, -0.15) is 0 Å². The van der Waals surface area contributed by atoms with Crippen molar-refractivity contribution in [1.29, 1.82) is 0 Å². The number of methoxy groups -OCH3 is 1. The van der Waals surface area contributed by atoms with Gasteiger partial charge in [0.05, 0.1) is 6.54 Å². The van der Waals surface area contributed by atoms with Crippen molar-refractivity contribution in [3.05, 3.63) is 78.3 Å². The number of nitrogens with zero attached hydrogens (tertiary/aromatic N) is 3. The molecule has 2 aliphatic rings. The predicted octanol–water partition coefficient (Wildman–Crippen LogP) is 4.72. The Labute approximate surface area is 234 Å². The molecule has 0 aliphatic carbocycles. The first-order chi connectivity index (χ1) is 17.8. The number of pyridine rings is 1. The number of carbonyl (C=O) groups excluding carboxylic acids is 2. The molecule has 3 heterocycles. The fraction of sp³-hybridized carbons (Fsp3) is 0.231. The van der Waals surface area contributed by atoms with Crippen LogP contribution < -0.4 is 15.4 Å². The fourth-order valence-corrected chi connectivity index (χ4v) is 8.57. The third kappa shape index (κ3) is 5.71. The number of halogens is 3. The molecule has 0 unspecified atom stereocenters. The number of anilines is 2. The van der Waals surface area contributed by atoms with E-state index in [2.05, 4.69) is 43.2 Å². The Bertz CT molecular complexity index is 1410. The maximum atomic E-state index is 15.1. The molecule has 0 radical (unpaired) electrons. The second kappa shape index (κ2) is 10.9. The second-order valence-corrected chi connectivity index (χ2v) is 15.7. The van der Waals surface area contributed by atoms with Gasteiger partial charge in [0.2, 0.25) is 0 Å². The SMILES string of the molecule is COc1cc(I2CC2)cc(C(=O)Nc2ccc(I)cn2)c1NC(=O)c1ccc(C2=NCCN2C)cc1F. The number of alkyl halides is 2. The van der Waals surface area contributed by atoms with E-state index in [1.807, 2.05) is 30.1 Å². The van der Waals surface area contributed by atoms with Gasteiger partial charge >= 0.3 is 216 Å². The van der Waals surface area contributed by atoms with Crippen LogP contribution in [-0.4, -0.2) is 63.6 Å². The van der Waals surface area contributed by atoms with Crippen LogP contribution in [0.4, 0.5) is 15.9 Å². The average Bonchev–Trinajstić information content (AvgIpc) is 3.65. The zero-order valence-electron chi connectivity index (χ0n) is 20.1. The molecule has 8 nitrogen and oxygen atoms in total. The Morgan fingerprint density at radius 1 is 1.08 bits per heavy atom. The number of amides is 2. The monoisotopic (exact) mass is 727 g/mol. The van der Waals surface area contributed by atoms with E-state index < -0.39 is 37.5 Å². The third-order valence-corrected chi connectivity index (χ3v) is 11.1. The molecule has 2 aliphatic heterocycles. The first-order valence-electron chi connectivity index (χ1n) is 11.5. The standard InChI is InChI=1S/C26H24FI2N5O3/c1-34-10-9-30-24(34)15-3-5-18(20(27)11-15)25(35)33-23-19(12-17(29-7-8-29)13-21(23)37-2)26(36)32-22-6-4-16(28)14-31-22/h3-6,11-14H,7-10H2,1-2H3,(H,33,35)(H,31,32,36). The maximum absolute atomic E-state index is 15.1. The van der Waals surface area contributed by atoms with Crippen LogP contribution in [0.3, 0.4) is 0 Å².